The first-order chi connectivity index (χ1) is 9.24. The van der Waals surface area contributed by atoms with Crippen LogP contribution in [0.15, 0.2) is 48.5 Å². The SMILES string of the molecule is O=C(Nc1ccc(O)cc1)C1COc2ccccc21. The Hall–Kier alpha value is -2.49. The predicted octanol–water partition coefficient (Wildman–Crippen LogP) is 2.51. The molecule has 2 aromatic carbocycles. The van der Waals surface area contributed by atoms with Gasteiger partial charge in [0.15, 0.2) is 0 Å². The van der Waals surface area contributed by atoms with Gasteiger partial charge in [0.25, 0.3) is 0 Å². The number of hydrogen-bond acceptors (Lipinski definition) is 3. The lowest BCUT2D eigenvalue weighted by molar-refractivity contribution is -0.117. The highest BCUT2D eigenvalue weighted by atomic mass is 16.5. The van der Waals surface area contributed by atoms with Crippen LogP contribution in [0.2, 0.25) is 0 Å². The smallest absolute Gasteiger partial charge is 0.235 e. The van der Waals surface area contributed by atoms with Crippen LogP contribution in [0.5, 0.6) is 11.5 Å². The van der Waals surface area contributed by atoms with Gasteiger partial charge in [-0.1, -0.05) is 18.2 Å². The number of phenols is 1. The molecule has 2 N–H and O–H groups in total. The zero-order valence-electron chi connectivity index (χ0n) is 10.2. The van der Waals surface area contributed by atoms with Gasteiger partial charge < -0.3 is 15.2 Å². The molecule has 4 heteroatoms. The molecule has 1 heterocycles. The van der Waals surface area contributed by atoms with Gasteiger partial charge in [-0.2, -0.15) is 0 Å². The third-order valence-corrected chi connectivity index (χ3v) is 3.15. The number of nitrogens with one attached hydrogen (secondary N) is 1. The first kappa shape index (κ1) is 11.6. The second-order valence-electron chi connectivity index (χ2n) is 4.44. The number of carbonyl (C=O) groups excluding carboxylic acids is 1. The van der Waals surface area contributed by atoms with E-state index in [0.29, 0.717) is 12.3 Å². The molecule has 0 spiro atoms. The zero-order valence-corrected chi connectivity index (χ0v) is 10.2. The molecule has 0 saturated carbocycles. The molecule has 0 aliphatic carbocycles. The van der Waals surface area contributed by atoms with E-state index in [1.807, 2.05) is 24.3 Å². The molecule has 0 saturated heterocycles. The standard InChI is InChI=1S/C15H13NO3/c17-11-7-5-10(6-8-11)16-15(18)13-9-19-14-4-2-1-3-12(13)14/h1-8,13,17H,9H2,(H,16,18). The Morgan fingerprint density at radius 3 is 2.68 bits per heavy atom. The van der Waals surface area contributed by atoms with Crippen LogP contribution in [-0.2, 0) is 4.79 Å². The summed E-state index contributed by atoms with van der Waals surface area (Å²) in [7, 11) is 0. The first-order valence-electron chi connectivity index (χ1n) is 6.05. The maximum Gasteiger partial charge on any atom is 0.235 e. The van der Waals surface area contributed by atoms with Crippen LogP contribution in [0.1, 0.15) is 11.5 Å². The van der Waals surface area contributed by atoms with Gasteiger partial charge in [-0.3, -0.25) is 4.79 Å². The average Bonchev–Trinajstić information content (AvgIpc) is 2.85. The Balaban J connectivity index is 1.77. The second-order valence-corrected chi connectivity index (χ2v) is 4.44. The molecule has 1 aliphatic heterocycles. The van der Waals surface area contributed by atoms with Gasteiger partial charge in [-0.15, -0.1) is 0 Å². The maximum absolute atomic E-state index is 12.2. The van der Waals surface area contributed by atoms with Crippen LogP contribution in [0.3, 0.4) is 0 Å². The van der Waals surface area contributed by atoms with E-state index in [2.05, 4.69) is 5.32 Å². The summed E-state index contributed by atoms with van der Waals surface area (Å²) in [5, 5.41) is 12.0. The zero-order chi connectivity index (χ0) is 13.2. The van der Waals surface area contributed by atoms with Gasteiger partial charge in [0, 0.05) is 11.3 Å². The number of carbonyl (C=O) groups is 1. The van der Waals surface area contributed by atoms with Gasteiger partial charge in [0.1, 0.15) is 24.0 Å². The van der Waals surface area contributed by atoms with Crippen LogP contribution in [0, 0.1) is 0 Å². The van der Waals surface area contributed by atoms with Crippen LogP contribution in [0.4, 0.5) is 5.69 Å². The Morgan fingerprint density at radius 1 is 1.16 bits per heavy atom. The van der Waals surface area contributed by atoms with E-state index in [1.165, 1.54) is 12.1 Å². The Labute approximate surface area is 110 Å². The first-order valence-corrected chi connectivity index (χ1v) is 6.05. The number of benzene rings is 2. The average molecular weight is 255 g/mol. The van der Waals surface area contributed by atoms with E-state index in [0.717, 1.165) is 11.3 Å². The Morgan fingerprint density at radius 2 is 1.89 bits per heavy atom. The fraction of sp³-hybridized carbons (Fsp3) is 0.133. The molecule has 2 aromatic rings. The number of hydrogen-bond donors (Lipinski definition) is 2. The molecule has 4 nitrogen and oxygen atoms in total. The summed E-state index contributed by atoms with van der Waals surface area (Å²) in [6.45, 7) is 0.364. The number of fused-ring (bicyclic) bond motifs is 1. The van der Waals surface area contributed by atoms with E-state index >= 15 is 0 Å². The molecular weight excluding hydrogens is 242 g/mol. The maximum atomic E-state index is 12.2. The fourth-order valence-corrected chi connectivity index (χ4v) is 2.15. The highest BCUT2D eigenvalue weighted by Crippen LogP contribution is 2.34. The van der Waals surface area contributed by atoms with Crippen molar-refractivity contribution in [1.29, 1.82) is 0 Å². The number of amides is 1. The minimum absolute atomic E-state index is 0.101. The summed E-state index contributed by atoms with van der Waals surface area (Å²) in [4.78, 5) is 12.2. The summed E-state index contributed by atoms with van der Waals surface area (Å²) in [5.41, 5.74) is 1.57. The van der Waals surface area contributed by atoms with Gasteiger partial charge >= 0.3 is 0 Å². The number of para-hydroxylation sites is 1. The molecule has 0 bridgehead atoms. The van der Waals surface area contributed by atoms with Crippen molar-refractivity contribution < 1.29 is 14.6 Å². The second kappa shape index (κ2) is 4.65. The topological polar surface area (TPSA) is 58.6 Å². The molecule has 1 unspecified atom stereocenters. The number of rotatable bonds is 2. The summed E-state index contributed by atoms with van der Waals surface area (Å²) < 4.78 is 5.49. The molecule has 0 radical (unpaired) electrons. The molecule has 1 atom stereocenters. The van der Waals surface area contributed by atoms with Crippen molar-refractivity contribution in [2.45, 2.75) is 5.92 Å². The molecule has 3 rings (SSSR count). The molecule has 96 valence electrons. The minimum Gasteiger partial charge on any atom is -0.508 e. The minimum atomic E-state index is -0.287. The molecule has 19 heavy (non-hydrogen) atoms. The van der Waals surface area contributed by atoms with Gasteiger partial charge in [0.05, 0.1) is 0 Å². The van der Waals surface area contributed by atoms with Crippen LogP contribution < -0.4 is 10.1 Å². The van der Waals surface area contributed by atoms with Crippen molar-refractivity contribution >= 4 is 11.6 Å². The highest BCUT2D eigenvalue weighted by molar-refractivity contribution is 5.96. The normalized spacial score (nSPS) is 16.5. The predicted molar refractivity (Wildman–Crippen MR) is 71.4 cm³/mol. The molecule has 0 fully saturated rings. The summed E-state index contributed by atoms with van der Waals surface area (Å²) in [6.07, 6.45) is 0. The van der Waals surface area contributed by atoms with Crippen molar-refractivity contribution in [3.8, 4) is 11.5 Å². The van der Waals surface area contributed by atoms with Crippen LogP contribution in [-0.4, -0.2) is 17.6 Å². The largest absolute Gasteiger partial charge is 0.508 e. The van der Waals surface area contributed by atoms with Crippen molar-refractivity contribution in [2.24, 2.45) is 0 Å². The number of anilines is 1. The van der Waals surface area contributed by atoms with E-state index < -0.39 is 0 Å². The molecule has 1 aliphatic rings. The monoisotopic (exact) mass is 255 g/mol. The lowest BCUT2D eigenvalue weighted by Gasteiger charge is -2.10. The van der Waals surface area contributed by atoms with E-state index in [4.69, 9.17) is 4.74 Å². The van der Waals surface area contributed by atoms with Crippen LogP contribution in [0.25, 0.3) is 0 Å². The fourth-order valence-electron chi connectivity index (χ4n) is 2.15. The summed E-state index contributed by atoms with van der Waals surface area (Å²) in [6, 6.07) is 14.0. The van der Waals surface area contributed by atoms with Crippen molar-refractivity contribution in [3.05, 3.63) is 54.1 Å². The highest BCUT2D eigenvalue weighted by Gasteiger charge is 2.29. The van der Waals surface area contributed by atoms with E-state index in [1.54, 1.807) is 12.1 Å². The van der Waals surface area contributed by atoms with Gasteiger partial charge in [-0.05, 0) is 30.3 Å². The third-order valence-electron chi connectivity index (χ3n) is 3.15. The third kappa shape index (κ3) is 2.25. The Kier molecular flexibility index (Phi) is 2.83. The van der Waals surface area contributed by atoms with E-state index in [9.17, 15) is 9.90 Å². The quantitative estimate of drug-likeness (QED) is 0.811. The van der Waals surface area contributed by atoms with E-state index in [-0.39, 0.29) is 17.6 Å². The number of phenolic OH excluding ortho intramolecular Hbond substituents is 1. The number of ether oxygens (including phenoxy) is 1. The summed E-state index contributed by atoms with van der Waals surface area (Å²) >= 11 is 0. The molecule has 1 amide bonds. The van der Waals surface area contributed by atoms with Gasteiger partial charge in [-0.25, -0.2) is 0 Å². The lowest BCUT2D eigenvalue weighted by Crippen LogP contribution is -2.22. The molecule has 0 aromatic heterocycles. The van der Waals surface area contributed by atoms with Crippen molar-refractivity contribution in [2.75, 3.05) is 11.9 Å². The van der Waals surface area contributed by atoms with Crippen molar-refractivity contribution in [3.63, 3.8) is 0 Å². The number of aromatic hydroxyl groups is 1. The Bertz CT molecular complexity index is 607. The summed E-state index contributed by atoms with van der Waals surface area (Å²) in [5.74, 6) is 0.557. The lowest BCUT2D eigenvalue weighted by atomic mass is 10.0. The van der Waals surface area contributed by atoms with Gasteiger partial charge in [0.2, 0.25) is 5.91 Å². The van der Waals surface area contributed by atoms with Crippen molar-refractivity contribution in [1.82, 2.24) is 0 Å². The molecular formula is C15H13NO3. The van der Waals surface area contributed by atoms with Crippen LogP contribution >= 0.6 is 0 Å².